The molecule has 0 amide bonds. The number of rotatable bonds is 11. The minimum Gasteiger partial charge on any atom is -0.462 e. The molecule has 0 saturated carbocycles. The highest BCUT2D eigenvalue weighted by atomic mass is 35.5. The van der Waals surface area contributed by atoms with E-state index in [0.29, 0.717) is 19.3 Å². The lowest BCUT2D eigenvalue weighted by molar-refractivity contribution is -0.344. The summed E-state index contributed by atoms with van der Waals surface area (Å²) in [7, 11) is 9.03. The molecule has 4 aliphatic rings. The van der Waals surface area contributed by atoms with Crippen LogP contribution in [0, 0.1) is 11.8 Å². The van der Waals surface area contributed by atoms with Crippen molar-refractivity contribution in [1.82, 2.24) is 9.80 Å². The summed E-state index contributed by atoms with van der Waals surface area (Å²) in [5.74, 6) is -1.47. The molecule has 0 spiro atoms. The van der Waals surface area contributed by atoms with Gasteiger partial charge in [-0.15, -0.1) is 12.4 Å². The monoisotopic (exact) mass is 878 g/mol. The topological polar surface area (TPSA) is 195 Å². The van der Waals surface area contributed by atoms with E-state index >= 15 is 0 Å². The van der Waals surface area contributed by atoms with E-state index in [2.05, 4.69) is 4.90 Å². The second-order valence-corrected chi connectivity index (χ2v) is 17.8. The predicted molar refractivity (Wildman–Crippen MR) is 224 cm³/mol. The number of aldehydes is 1. The molecule has 0 bridgehead atoms. The number of nitrogens with zero attached hydrogens (tertiary/aromatic N) is 2. The van der Waals surface area contributed by atoms with Gasteiger partial charge in [-0.05, 0) is 93.9 Å². The number of carbonyl (C=O) groups excluding carboxylic acids is 2. The summed E-state index contributed by atoms with van der Waals surface area (Å²) in [6.07, 6.45) is -1.56. The largest absolute Gasteiger partial charge is 0.462 e. The van der Waals surface area contributed by atoms with Gasteiger partial charge in [-0.3, -0.25) is 4.79 Å². The van der Waals surface area contributed by atoms with E-state index in [1.807, 2.05) is 52.2 Å². The molecule has 3 saturated heterocycles. The molecule has 19 unspecified atom stereocenters. The van der Waals surface area contributed by atoms with Gasteiger partial charge in [0.25, 0.3) is 0 Å². The number of ether oxygens (including phenoxy) is 8. The normalized spacial score (nSPS) is 45.0. The molecular formula is C43H75ClN2O14. The van der Waals surface area contributed by atoms with Crippen LogP contribution in [0.3, 0.4) is 0 Å². The van der Waals surface area contributed by atoms with Crippen LogP contribution in [0.25, 0.3) is 0 Å². The highest BCUT2D eigenvalue weighted by molar-refractivity contribution is 5.85. The average Bonchev–Trinajstić information content (AvgIpc) is 3.13. The fourth-order valence-corrected chi connectivity index (χ4v) is 9.10. The lowest BCUT2D eigenvalue weighted by Crippen LogP contribution is -2.65. The van der Waals surface area contributed by atoms with Crippen LogP contribution in [0.2, 0.25) is 0 Å². The van der Waals surface area contributed by atoms with Crippen LogP contribution in [0.4, 0.5) is 0 Å². The first-order valence-corrected chi connectivity index (χ1v) is 21.3. The Bertz CT molecular complexity index is 1370. The molecule has 60 heavy (non-hydrogen) atoms. The van der Waals surface area contributed by atoms with E-state index in [1.54, 1.807) is 39.8 Å². The Kier molecular flexibility index (Phi) is 21.0. The number of esters is 1. The third-order valence-electron chi connectivity index (χ3n) is 12.4. The van der Waals surface area contributed by atoms with E-state index in [9.17, 15) is 30.0 Å². The van der Waals surface area contributed by atoms with Crippen molar-refractivity contribution >= 4 is 24.7 Å². The summed E-state index contributed by atoms with van der Waals surface area (Å²) in [5.41, 5.74) is -1.47. The Morgan fingerprint density at radius 1 is 0.867 bits per heavy atom. The van der Waals surface area contributed by atoms with Gasteiger partial charge in [0, 0.05) is 32.4 Å². The van der Waals surface area contributed by atoms with E-state index in [0.717, 1.165) is 12.7 Å². The van der Waals surface area contributed by atoms with Gasteiger partial charge in [0.1, 0.15) is 36.8 Å². The number of hydrogen-bond acceptors (Lipinski definition) is 16. The van der Waals surface area contributed by atoms with Gasteiger partial charge < -0.3 is 72.9 Å². The minimum absolute atomic E-state index is 0. The maximum atomic E-state index is 13.1. The highest BCUT2D eigenvalue weighted by Gasteiger charge is 2.52. The average molecular weight is 880 g/mol. The summed E-state index contributed by atoms with van der Waals surface area (Å²) in [5, 5.41) is 45.1. The first-order chi connectivity index (χ1) is 27.8. The molecule has 19 atom stereocenters. The molecule has 17 heteroatoms. The van der Waals surface area contributed by atoms with Crippen molar-refractivity contribution < 1.29 is 67.9 Å². The number of methoxy groups -OCH3 is 1. The standard InChI is InChI=1S/C43H74N2O14.ClH/c1-24-21-29(19-20-46)39(59-42-37(49)36(45(9)10)38(27(4)56-42)58-35-23-43(6,51)41(50)28(5)55-35)40(52-11)31(47)22-33(48)53-25(2)15-13-12-14-16-32(24)57-34-18-17-30(44(7)8)26(3)54-34;/h12-14,16,20,24-32,34-42,47,49-51H,15,17-19,21-23H2,1-11H3;1H/b13-12+,16-14+;. The Morgan fingerprint density at radius 3 is 2.15 bits per heavy atom. The van der Waals surface area contributed by atoms with Crippen LogP contribution in [-0.2, 0) is 47.5 Å². The van der Waals surface area contributed by atoms with Crippen molar-refractivity contribution in [3.8, 4) is 0 Å². The van der Waals surface area contributed by atoms with Crippen molar-refractivity contribution in [2.45, 2.75) is 190 Å². The lowest BCUT2D eigenvalue weighted by atomic mass is 9.82. The van der Waals surface area contributed by atoms with Crippen LogP contribution in [0.1, 0.15) is 86.5 Å². The molecule has 0 radical (unpaired) electrons. The summed E-state index contributed by atoms with van der Waals surface area (Å²) in [6.45, 7) is 10.8. The molecule has 0 aromatic heterocycles. The van der Waals surface area contributed by atoms with E-state index in [4.69, 9.17) is 37.9 Å². The van der Waals surface area contributed by atoms with Gasteiger partial charge in [0.15, 0.2) is 18.9 Å². The zero-order chi connectivity index (χ0) is 43.8. The number of cyclic esters (lactones) is 1. The highest BCUT2D eigenvalue weighted by Crippen LogP contribution is 2.37. The fraction of sp³-hybridized carbons (Fsp3) is 0.860. The van der Waals surface area contributed by atoms with Gasteiger partial charge in [0.2, 0.25) is 0 Å². The van der Waals surface area contributed by atoms with Gasteiger partial charge >= 0.3 is 5.97 Å². The second-order valence-electron chi connectivity index (χ2n) is 17.8. The number of aliphatic hydroxyl groups is 4. The van der Waals surface area contributed by atoms with Crippen molar-refractivity contribution in [3.05, 3.63) is 24.3 Å². The van der Waals surface area contributed by atoms with Crippen LogP contribution < -0.4 is 0 Å². The van der Waals surface area contributed by atoms with E-state index in [1.165, 1.54) is 14.0 Å². The Hall–Kier alpha value is -1.61. The van der Waals surface area contributed by atoms with Gasteiger partial charge in [-0.1, -0.05) is 31.2 Å². The SMILES string of the molecule is COC1C(O)CC(=O)OC(C)C/C=C/C=C/C(OC2CCC(N(C)C)C(C)O2)C(C)CC(CC=O)C1OC1OC(C)C(OC2CC(C)(O)C(O)C(C)O2)C(N(C)C)C1O.Cl. The maximum Gasteiger partial charge on any atom is 0.308 e. The first-order valence-electron chi connectivity index (χ1n) is 21.3. The summed E-state index contributed by atoms with van der Waals surface area (Å²) >= 11 is 0. The number of allylic oxidation sites excluding steroid dienone is 2. The van der Waals surface area contributed by atoms with Crippen LogP contribution in [0.15, 0.2) is 24.3 Å². The van der Waals surface area contributed by atoms with E-state index < -0.39 is 110 Å². The number of aliphatic hydroxyl groups excluding tert-OH is 3. The van der Waals surface area contributed by atoms with Crippen LogP contribution >= 0.6 is 12.4 Å². The molecule has 4 rings (SSSR count). The number of hydrogen-bond donors (Lipinski definition) is 4. The molecular weight excluding hydrogens is 804 g/mol. The van der Waals surface area contributed by atoms with Crippen molar-refractivity contribution in [3.63, 3.8) is 0 Å². The quantitative estimate of drug-likeness (QED) is 0.175. The molecule has 348 valence electrons. The molecule has 4 N–H and O–H groups in total. The maximum absolute atomic E-state index is 13.1. The molecule has 16 nitrogen and oxygen atoms in total. The molecule has 0 aliphatic carbocycles. The first kappa shape index (κ1) is 52.7. The molecule has 4 aliphatic heterocycles. The molecule has 0 aromatic carbocycles. The number of carbonyl (C=O) groups is 2. The summed E-state index contributed by atoms with van der Waals surface area (Å²) < 4.78 is 50.0. The molecule has 0 aromatic rings. The van der Waals surface area contributed by atoms with Crippen molar-refractivity contribution in [2.24, 2.45) is 11.8 Å². The Labute approximate surface area is 363 Å². The molecule has 3 fully saturated rings. The fourth-order valence-electron chi connectivity index (χ4n) is 9.10. The van der Waals surface area contributed by atoms with E-state index in [-0.39, 0.29) is 43.3 Å². The Morgan fingerprint density at radius 2 is 1.55 bits per heavy atom. The number of likely N-dealkylation sites (N-methyl/N-ethyl adjacent to an activating group) is 2. The zero-order valence-corrected chi connectivity index (χ0v) is 38.2. The third-order valence-corrected chi connectivity index (χ3v) is 12.4. The third kappa shape index (κ3) is 13.9. The number of halogens is 1. The van der Waals surface area contributed by atoms with Crippen molar-refractivity contribution in [1.29, 1.82) is 0 Å². The van der Waals surface area contributed by atoms with Gasteiger partial charge in [-0.2, -0.15) is 0 Å². The Balaban J connectivity index is 0.00000961. The van der Waals surface area contributed by atoms with Gasteiger partial charge in [-0.25, -0.2) is 0 Å². The summed E-state index contributed by atoms with van der Waals surface area (Å²) in [6, 6.07) is -0.466. The van der Waals surface area contributed by atoms with Crippen molar-refractivity contribution in [2.75, 3.05) is 35.3 Å². The second kappa shape index (κ2) is 23.9. The predicted octanol–water partition coefficient (Wildman–Crippen LogP) is 2.75. The zero-order valence-electron chi connectivity index (χ0n) is 37.4. The summed E-state index contributed by atoms with van der Waals surface area (Å²) in [4.78, 5) is 29.5. The van der Waals surface area contributed by atoms with Crippen LogP contribution in [0.5, 0.6) is 0 Å². The molecule has 4 heterocycles. The van der Waals surface area contributed by atoms with Gasteiger partial charge in [0.05, 0.1) is 54.7 Å². The lowest BCUT2D eigenvalue weighted by Gasteiger charge is -2.50. The smallest absolute Gasteiger partial charge is 0.308 e. The van der Waals surface area contributed by atoms with Crippen LogP contribution in [-0.4, -0.2) is 181 Å². The minimum atomic E-state index is -1.47.